The van der Waals surface area contributed by atoms with Gasteiger partial charge in [-0.25, -0.2) is 4.68 Å². The van der Waals surface area contributed by atoms with E-state index in [1.54, 1.807) is 7.11 Å². The summed E-state index contributed by atoms with van der Waals surface area (Å²) in [5.41, 5.74) is 3.55. The molecule has 3 aromatic rings. The zero-order chi connectivity index (χ0) is 21.6. The molecule has 0 saturated heterocycles. The number of methoxy groups -OCH3 is 1. The lowest BCUT2D eigenvalue weighted by Crippen LogP contribution is -2.49. The van der Waals surface area contributed by atoms with Crippen molar-refractivity contribution in [1.82, 2.24) is 14.8 Å². The molecule has 31 heavy (non-hydrogen) atoms. The highest BCUT2D eigenvalue weighted by Crippen LogP contribution is 2.54. The minimum atomic E-state index is -0.739. The molecule has 2 aromatic heterocycles. The maximum atomic E-state index is 11.1. The van der Waals surface area contributed by atoms with Crippen molar-refractivity contribution in [2.75, 3.05) is 20.3 Å². The molecule has 1 aliphatic heterocycles. The average molecular weight is 422 g/mol. The van der Waals surface area contributed by atoms with Gasteiger partial charge in [-0.05, 0) is 63.1 Å². The van der Waals surface area contributed by atoms with Gasteiger partial charge in [-0.3, -0.25) is 4.98 Å². The lowest BCUT2D eigenvalue weighted by molar-refractivity contribution is -0.0903. The van der Waals surface area contributed by atoms with Gasteiger partial charge < -0.3 is 14.6 Å². The van der Waals surface area contributed by atoms with Gasteiger partial charge in [-0.15, -0.1) is 0 Å². The molecular weight excluding hydrogens is 390 g/mol. The maximum Gasteiger partial charge on any atom is 0.125 e. The lowest BCUT2D eigenvalue weighted by Gasteiger charge is -2.49. The summed E-state index contributed by atoms with van der Waals surface area (Å²) in [6, 6.07) is 8.46. The van der Waals surface area contributed by atoms with Gasteiger partial charge in [0.25, 0.3) is 0 Å². The van der Waals surface area contributed by atoms with Crippen LogP contribution in [0.1, 0.15) is 50.3 Å². The molecule has 164 valence electrons. The summed E-state index contributed by atoms with van der Waals surface area (Å²) < 4.78 is 13.6. The second-order valence-corrected chi connectivity index (χ2v) is 9.32. The quantitative estimate of drug-likeness (QED) is 0.679. The third-order valence-electron chi connectivity index (χ3n) is 7.54. The van der Waals surface area contributed by atoms with E-state index in [0.29, 0.717) is 19.1 Å². The number of rotatable bonds is 4. The Balaban J connectivity index is 1.61. The number of aromatic nitrogens is 3. The second kappa shape index (κ2) is 7.61. The monoisotopic (exact) mass is 421 g/mol. The molecule has 6 heteroatoms. The largest absolute Gasteiger partial charge is 0.493 e. The normalized spacial score (nSPS) is 27.9. The standard InChI is InChI=1S/C25H31N3O3/c1-4-25-8-7-24(29,16-30-3)14-19(25)6-10-31-23-13-22-18(12-21(23)25)15-27-28(22)20-5-9-26-17(2)11-20/h5,9,11-13,15,19,29H,4,6-8,10,14,16H2,1-3H3. The molecule has 1 N–H and O–H groups in total. The Bertz CT molecular complexity index is 1110. The number of hydrogen-bond acceptors (Lipinski definition) is 5. The molecule has 3 unspecified atom stereocenters. The van der Waals surface area contributed by atoms with Crippen molar-refractivity contribution in [2.45, 2.75) is 57.0 Å². The van der Waals surface area contributed by atoms with Crippen LogP contribution >= 0.6 is 0 Å². The number of hydrogen-bond donors (Lipinski definition) is 1. The number of fused-ring (bicyclic) bond motifs is 4. The molecule has 1 saturated carbocycles. The van der Waals surface area contributed by atoms with Crippen LogP contribution < -0.4 is 4.74 Å². The van der Waals surface area contributed by atoms with Gasteiger partial charge in [-0.1, -0.05) is 6.92 Å². The first kappa shape index (κ1) is 20.5. The van der Waals surface area contributed by atoms with Gasteiger partial charge in [0.1, 0.15) is 5.75 Å². The number of ether oxygens (including phenoxy) is 2. The Labute approximate surface area is 183 Å². The Hall–Kier alpha value is -2.44. The van der Waals surface area contributed by atoms with Crippen LogP contribution in [-0.4, -0.2) is 45.8 Å². The summed E-state index contributed by atoms with van der Waals surface area (Å²) >= 11 is 0. The summed E-state index contributed by atoms with van der Waals surface area (Å²) in [6.07, 6.45) is 8.18. The van der Waals surface area contributed by atoms with Crippen molar-refractivity contribution < 1.29 is 14.6 Å². The molecule has 3 heterocycles. The van der Waals surface area contributed by atoms with Crippen molar-refractivity contribution in [3.8, 4) is 11.4 Å². The van der Waals surface area contributed by atoms with E-state index in [4.69, 9.17) is 9.47 Å². The van der Waals surface area contributed by atoms with Gasteiger partial charge in [0.05, 0.1) is 36.2 Å². The minimum absolute atomic E-state index is 0.00928. The third-order valence-corrected chi connectivity index (χ3v) is 7.54. The first-order chi connectivity index (χ1) is 15.0. The lowest BCUT2D eigenvalue weighted by atomic mass is 9.57. The fourth-order valence-electron chi connectivity index (χ4n) is 5.95. The summed E-state index contributed by atoms with van der Waals surface area (Å²) in [4.78, 5) is 4.31. The molecule has 1 fully saturated rings. The molecule has 1 aromatic carbocycles. The van der Waals surface area contributed by atoms with Crippen molar-refractivity contribution in [1.29, 1.82) is 0 Å². The van der Waals surface area contributed by atoms with Crippen LogP contribution in [-0.2, 0) is 10.2 Å². The zero-order valence-corrected chi connectivity index (χ0v) is 18.6. The van der Waals surface area contributed by atoms with Crippen LogP contribution in [0.4, 0.5) is 0 Å². The van der Waals surface area contributed by atoms with Crippen LogP contribution in [0, 0.1) is 12.8 Å². The fourth-order valence-corrected chi connectivity index (χ4v) is 5.95. The van der Waals surface area contributed by atoms with Gasteiger partial charge >= 0.3 is 0 Å². The summed E-state index contributed by atoms with van der Waals surface area (Å²) in [7, 11) is 1.67. The average Bonchev–Trinajstić information content (AvgIpc) is 3.10. The van der Waals surface area contributed by atoms with Gasteiger partial charge in [-0.2, -0.15) is 5.10 Å². The van der Waals surface area contributed by atoms with Gasteiger partial charge in [0, 0.05) is 41.4 Å². The Morgan fingerprint density at radius 3 is 2.94 bits per heavy atom. The number of benzene rings is 1. The zero-order valence-electron chi connectivity index (χ0n) is 18.6. The van der Waals surface area contributed by atoms with Crippen LogP contribution in [0.15, 0.2) is 36.7 Å². The predicted molar refractivity (Wildman–Crippen MR) is 120 cm³/mol. The molecule has 0 spiro atoms. The first-order valence-electron chi connectivity index (χ1n) is 11.3. The van der Waals surface area contributed by atoms with Crippen LogP contribution in [0.2, 0.25) is 0 Å². The SMILES string of the molecule is CCC12CCC(O)(COC)CC1CCOc1cc3c(cnn3-c3ccnc(C)c3)cc12. The van der Waals surface area contributed by atoms with E-state index >= 15 is 0 Å². The first-order valence-corrected chi connectivity index (χ1v) is 11.3. The van der Waals surface area contributed by atoms with Crippen LogP contribution in [0.25, 0.3) is 16.6 Å². The van der Waals surface area contributed by atoms with E-state index in [-0.39, 0.29) is 5.41 Å². The Kier molecular flexibility index (Phi) is 5.02. The van der Waals surface area contributed by atoms with Crippen LogP contribution in [0.3, 0.4) is 0 Å². The third kappa shape index (κ3) is 3.33. The van der Waals surface area contributed by atoms with E-state index in [1.165, 1.54) is 5.56 Å². The highest BCUT2D eigenvalue weighted by molar-refractivity contribution is 5.83. The maximum absolute atomic E-state index is 11.1. The van der Waals surface area contributed by atoms with E-state index in [1.807, 2.05) is 36.1 Å². The van der Waals surface area contributed by atoms with Gasteiger partial charge in [0.15, 0.2) is 0 Å². The van der Waals surface area contributed by atoms with Crippen molar-refractivity contribution in [2.24, 2.45) is 5.92 Å². The number of aryl methyl sites for hydroxylation is 1. The molecular formula is C25H31N3O3. The van der Waals surface area contributed by atoms with Crippen LogP contribution in [0.5, 0.6) is 5.75 Å². The number of aliphatic hydroxyl groups is 1. The fraction of sp³-hybridized carbons (Fsp3) is 0.520. The van der Waals surface area contributed by atoms with Gasteiger partial charge in [0.2, 0.25) is 0 Å². The minimum Gasteiger partial charge on any atom is -0.493 e. The molecule has 5 rings (SSSR count). The van der Waals surface area contributed by atoms with E-state index < -0.39 is 5.60 Å². The highest BCUT2D eigenvalue weighted by Gasteiger charge is 2.50. The summed E-state index contributed by atoms with van der Waals surface area (Å²) in [5, 5.41) is 16.9. The van der Waals surface area contributed by atoms with E-state index in [9.17, 15) is 5.11 Å². The van der Waals surface area contributed by atoms with Crippen molar-refractivity contribution in [3.05, 3.63) is 47.9 Å². The molecule has 2 aliphatic rings. The topological polar surface area (TPSA) is 69.4 Å². The number of nitrogens with zero attached hydrogens (tertiary/aromatic N) is 3. The Morgan fingerprint density at radius 2 is 2.16 bits per heavy atom. The predicted octanol–water partition coefficient (Wildman–Crippen LogP) is 4.34. The van der Waals surface area contributed by atoms with E-state index in [0.717, 1.165) is 60.1 Å². The Morgan fingerprint density at radius 1 is 1.29 bits per heavy atom. The molecule has 0 amide bonds. The number of pyridine rings is 1. The van der Waals surface area contributed by atoms with Crippen molar-refractivity contribution >= 4 is 10.9 Å². The highest BCUT2D eigenvalue weighted by atomic mass is 16.5. The summed E-state index contributed by atoms with van der Waals surface area (Å²) in [5.74, 6) is 1.32. The van der Waals surface area contributed by atoms with E-state index in [2.05, 4.69) is 29.1 Å². The molecule has 6 nitrogen and oxygen atoms in total. The molecule has 0 radical (unpaired) electrons. The van der Waals surface area contributed by atoms with Crippen molar-refractivity contribution in [3.63, 3.8) is 0 Å². The molecule has 0 bridgehead atoms. The smallest absolute Gasteiger partial charge is 0.125 e. The molecule has 1 aliphatic carbocycles. The molecule has 3 atom stereocenters. The second-order valence-electron chi connectivity index (χ2n) is 9.32. The summed E-state index contributed by atoms with van der Waals surface area (Å²) in [6.45, 7) is 5.32.